The molecule has 1 N–H and O–H groups in total. The van der Waals surface area contributed by atoms with Crippen LogP contribution in [0.1, 0.15) is 5.89 Å². The Labute approximate surface area is 139 Å². The van der Waals surface area contributed by atoms with Gasteiger partial charge in [-0.25, -0.2) is 4.79 Å². The molecule has 3 rings (SSSR count). The predicted octanol–water partition coefficient (Wildman–Crippen LogP) is 1.33. The summed E-state index contributed by atoms with van der Waals surface area (Å²) in [6.45, 7) is 2.83. The van der Waals surface area contributed by atoms with Crippen molar-refractivity contribution in [1.82, 2.24) is 20.4 Å². The highest BCUT2D eigenvalue weighted by atomic mass is 16.5. The van der Waals surface area contributed by atoms with E-state index < -0.39 is 0 Å². The van der Waals surface area contributed by atoms with E-state index in [2.05, 4.69) is 15.5 Å². The molecule has 1 fully saturated rings. The third-order valence-electron chi connectivity index (χ3n) is 3.73. The molecule has 8 nitrogen and oxygen atoms in total. The number of ether oxygens (including phenoxy) is 2. The van der Waals surface area contributed by atoms with Gasteiger partial charge in [0.25, 0.3) is 0 Å². The highest BCUT2D eigenvalue weighted by molar-refractivity contribution is 5.74. The van der Waals surface area contributed by atoms with Gasteiger partial charge < -0.3 is 24.2 Å². The van der Waals surface area contributed by atoms with E-state index >= 15 is 0 Å². The molecule has 1 aromatic carbocycles. The van der Waals surface area contributed by atoms with Crippen molar-refractivity contribution in [3.63, 3.8) is 0 Å². The molecule has 1 saturated heterocycles. The predicted molar refractivity (Wildman–Crippen MR) is 85.8 cm³/mol. The molecule has 0 aliphatic carbocycles. The Morgan fingerprint density at radius 1 is 1.33 bits per heavy atom. The topological polar surface area (TPSA) is 89.7 Å². The lowest BCUT2D eigenvalue weighted by Crippen LogP contribution is -2.46. The largest absolute Gasteiger partial charge is 0.496 e. The van der Waals surface area contributed by atoms with Gasteiger partial charge in [0.05, 0.1) is 25.9 Å². The van der Waals surface area contributed by atoms with E-state index in [0.717, 1.165) is 5.56 Å². The molecule has 0 unspecified atom stereocenters. The Morgan fingerprint density at radius 2 is 2.12 bits per heavy atom. The summed E-state index contributed by atoms with van der Waals surface area (Å²) in [6.07, 6.45) is 0.470. The van der Waals surface area contributed by atoms with E-state index in [0.29, 0.717) is 56.7 Å². The standard InChI is InChI=1S/C16H20N4O4/c1-22-13-5-3-2-4-12(13)15-18-14(24-19-15)6-7-17-16(21)20-8-10-23-11-9-20/h2-5H,6-11H2,1H3,(H,17,21). The van der Waals surface area contributed by atoms with Crippen LogP contribution < -0.4 is 10.1 Å². The van der Waals surface area contributed by atoms with Crippen molar-refractivity contribution in [1.29, 1.82) is 0 Å². The van der Waals surface area contributed by atoms with Crippen molar-refractivity contribution in [2.45, 2.75) is 6.42 Å². The third-order valence-corrected chi connectivity index (χ3v) is 3.73. The Balaban J connectivity index is 1.53. The van der Waals surface area contributed by atoms with Crippen molar-refractivity contribution in [3.05, 3.63) is 30.2 Å². The van der Waals surface area contributed by atoms with Gasteiger partial charge in [-0.05, 0) is 12.1 Å². The number of carbonyl (C=O) groups excluding carboxylic acids is 1. The van der Waals surface area contributed by atoms with Crippen molar-refractivity contribution in [3.8, 4) is 17.1 Å². The summed E-state index contributed by atoms with van der Waals surface area (Å²) in [5.74, 6) is 1.63. The van der Waals surface area contributed by atoms with Crippen LogP contribution in [-0.4, -0.2) is 61.0 Å². The molecule has 1 aromatic heterocycles. The van der Waals surface area contributed by atoms with E-state index in [4.69, 9.17) is 14.0 Å². The fourth-order valence-corrected chi connectivity index (χ4v) is 2.45. The molecule has 2 heterocycles. The normalized spacial score (nSPS) is 14.5. The average Bonchev–Trinajstić information content (AvgIpc) is 3.11. The van der Waals surface area contributed by atoms with E-state index in [1.54, 1.807) is 12.0 Å². The van der Waals surface area contributed by atoms with Crippen LogP contribution in [0.5, 0.6) is 5.75 Å². The number of rotatable bonds is 5. The summed E-state index contributed by atoms with van der Waals surface area (Å²) in [6, 6.07) is 7.38. The number of methoxy groups -OCH3 is 1. The number of nitrogens with one attached hydrogen (secondary N) is 1. The van der Waals surface area contributed by atoms with Crippen LogP contribution in [0.15, 0.2) is 28.8 Å². The summed E-state index contributed by atoms with van der Waals surface area (Å²) in [7, 11) is 1.60. The summed E-state index contributed by atoms with van der Waals surface area (Å²) in [5, 5.41) is 6.83. The summed E-state index contributed by atoms with van der Waals surface area (Å²) < 4.78 is 15.8. The molecule has 0 spiro atoms. The smallest absolute Gasteiger partial charge is 0.317 e. The number of carbonyl (C=O) groups is 1. The SMILES string of the molecule is COc1ccccc1-c1noc(CCNC(=O)N2CCOCC2)n1. The average molecular weight is 332 g/mol. The molecular formula is C16H20N4O4. The van der Waals surface area contributed by atoms with Crippen LogP contribution in [-0.2, 0) is 11.2 Å². The number of morpholine rings is 1. The van der Waals surface area contributed by atoms with Gasteiger partial charge in [0.15, 0.2) is 0 Å². The van der Waals surface area contributed by atoms with Crippen LogP contribution in [0.3, 0.4) is 0 Å². The zero-order valence-electron chi connectivity index (χ0n) is 13.5. The highest BCUT2D eigenvalue weighted by Crippen LogP contribution is 2.26. The van der Waals surface area contributed by atoms with Gasteiger partial charge >= 0.3 is 6.03 Å². The molecule has 2 amide bonds. The number of para-hydroxylation sites is 1. The quantitative estimate of drug-likeness (QED) is 0.888. The minimum atomic E-state index is -0.0947. The second kappa shape index (κ2) is 7.78. The van der Waals surface area contributed by atoms with Gasteiger partial charge in [-0.15, -0.1) is 0 Å². The van der Waals surface area contributed by atoms with E-state index in [-0.39, 0.29) is 6.03 Å². The molecule has 0 bridgehead atoms. The van der Waals surface area contributed by atoms with Gasteiger partial charge in [-0.1, -0.05) is 17.3 Å². The number of benzene rings is 1. The van der Waals surface area contributed by atoms with Crippen LogP contribution in [0.2, 0.25) is 0 Å². The Kier molecular flexibility index (Phi) is 5.27. The lowest BCUT2D eigenvalue weighted by atomic mass is 10.2. The molecule has 0 saturated carbocycles. The zero-order chi connectivity index (χ0) is 16.8. The van der Waals surface area contributed by atoms with Crippen molar-refractivity contribution < 1.29 is 18.8 Å². The number of hydrogen-bond donors (Lipinski definition) is 1. The van der Waals surface area contributed by atoms with E-state index in [1.165, 1.54) is 0 Å². The van der Waals surface area contributed by atoms with Gasteiger partial charge in [0.2, 0.25) is 11.7 Å². The van der Waals surface area contributed by atoms with Crippen LogP contribution in [0, 0.1) is 0 Å². The summed E-state index contributed by atoms with van der Waals surface area (Å²) in [4.78, 5) is 18.1. The molecule has 8 heteroatoms. The van der Waals surface area contributed by atoms with Crippen molar-refractivity contribution >= 4 is 6.03 Å². The minimum Gasteiger partial charge on any atom is -0.496 e. The maximum atomic E-state index is 12.0. The molecule has 128 valence electrons. The van der Waals surface area contributed by atoms with Gasteiger partial charge in [-0.3, -0.25) is 0 Å². The molecule has 1 aliphatic rings. The van der Waals surface area contributed by atoms with Gasteiger partial charge in [-0.2, -0.15) is 4.98 Å². The van der Waals surface area contributed by atoms with Gasteiger partial charge in [0.1, 0.15) is 5.75 Å². The third kappa shape index (κ3) is 3.83. The Hall–Kier alpha value is -2.61. The van der Waals surface area contributed by atoms with Crippen LogP contribution in [0.25, 0.3) is 11.4 Å². The Morgan fingerprint density at radius 3 is 2.92 bits per heavy atom. The molecule has 0 radical (unpaired) electrons. The monoisotopic (exact) mass is 332 g/mol. The fraction of sp³-hybridized carbons (Fsp3) is 0.438. The Bertz CT molecular complexity index is 682. The summed E-state index contributed by atoms with van der Waals surface area (Å²) >= 11 is 0. The molecule has 1 aliphatic heterocycles. The fourth-order valence-electron chi connectivity index (χ4n) is 2.45. The molecule has 0 atom stereocenters. The van der Waals surface area contributed by atoms with E-state index in [1.807, 2.05) is 24.3 Å². The van der Waals surface area contributed by atoms with Crippen LogP contribution >= 0.6 is 0 Å². The maximum absolute atomic E-state index is 12.0. The zero-order valence-corrected chi connectivity index (χ0v) is 13.5. The number of urea groups is 1. The van der Waals surface area contributed by atoms with Crippen molar-refractivity contribution in [2.75, 3.05) is 40.0 Å². The second-order valence-electron chi connectivity index (χ2n) is 5.29. The minimum absolute atomic E-state index is 0.0947. The number of nitrogens with zero attached hydrogens (tertiary/aromatic N) is 3. The van der Waals surface area contributed by atoms with Gasteiger partial charge in [0, 0.05) is 26.1 Å². The first-order valence-corrected chi connectivity index (χ1v) is 7.84. The first kappa shape index (κ1) is 16.3. The highest BCUT2D eigenvalue weighted by Gasteiger charge is 2.17. The van der Waals surface area contributed by atoms with Crippen LogP contribution in [0.4, 0.5) is 4.79 Å². The number of aromatic nitrogens is 2. The second-order valence-corrected chi connectivity index (χ2v) is 5.29. The molecular weight excluding hydrogens is 312 g/mol. The first-order valence-electron chi connectivity index (χ1n) is 7.84. The summed E-state index contributed by atoms with van der Waals surface area (Å²) in [5.41, 5.74) is 0.771. The van der Waals surface area contributed by atoms with E-state index in [9.17, 15) is 4.79 Å². The first-order chi connectivity index (χ1) is 11.8. The lowest BCUT2D eigenvalue weighted by molar-refractivity contribution is 0.0532. The number of hydrogen-bond acceptors (Lipinski definition) is 6. The molecule has 2 aromatic rings. The maximum Gasteiger partial charge on any atom is 0.317 e. The number of amides is 2. The van der Waals surface area contributed by atoms with Crippen molar-refractivity contribution in [2.24, 2.45) is 0 Å². The lowest BCUT2D eigenvalue weighted by Gasteiger charge is -2.26. The molecule has 24 heavy (non-hydrogen) atoms.